The molecule has 0 radical (unpaired) electrons. The Labute approximate surface area is 159 Å². The topological polar surface area (TPSA) is 102 Å². The molecule has 6 nitrogen and oxygen atoms in total. The highest BCUT2D eigenvalue weighted by Crippen LogP contribution is 2.29. The zero-order chi connectivity index (χ0) is 18.9. The van der Waals surface area contributed by atoms with Crippen LogP contribution in [0.25, 0.3) is 10.6 Å². The molecule has 1 atom stereocenters. The van der Waals surface area contributed by atoms with E-state index in [0.717, 1.165) is 16.1 Å². The van der Waals surface area contributed by atoms with Gasteiger partial charge >= 0.3 is 0 Å². The molecule has 0 aliphatic rings. The third-order valence-corrected chi connectivity index (χ3v) is 6.64. The Balaban J connectivity index is 1.75. The van der Waals surface area contributed by atoms with Crippen molar-refractivity contribution >= 4 is 38.6 Å². The Morgan fingerprint density at radius 2 is 1.92 bits per heavy atom. The van der Waals surface area contributed by atoms with Crippen LogP contribution in [0.5, 0.6) is 0 Å². The number of primary sulfonamides is 1. The SMILES string of the molecule is Cc1nc(-c2ccsc2)sc1C(=O)N[C@H](C)c1ccc(S(N)(=O)=O)cc1. The average Bonchev–Trinajstić information content (AvgIpc) is 3.23. The van der Waals surface area contributed by atoms with Crippen molar-refractivity contribution in [2.24, 2.45) is 5.14 Å². The second kappa shape index (κ2) is 7.28. The van der Waals surface area contributed by atoms with Crippen molar-refractivity contribution in [1.29, 1.82) is 0 Å². The fourth-order valence-corrected chi connectivity index (χ4v) is 4.60. The number of thiazole rings is 1. The van der Waals surface area contributed by atoms with Crippen LogP contribution >= 0.6 is 22.7 Å². The number of hydrogen-bond donors (Lipinski definition) is 2. The number of hydrogen-bond acceptors (Lipinski definition) is 6. The van der Waals surface area contributed by atoms with Gasteiger partial charge < -0.3 is 5.32 Å². The Kier molecular flexibility index (Phi) is 5.24. The van der Waals surface area contributed by atoms with Crippen LogP contribution in [0.2, 0.25) is 0 Å². The van der Waals surface area contributed by atoms with Crippen molar-refractivity contribution in [3.63, 3.8) is 0 Å². The van der Waals surface area contributed by atoms with Crippen LogP contribution in [0.3, 0.4) is 0 Å². The number of aromatic nitrogens is 1. The van der Waals surface area contributed by atoms with E-state index in [9.17, 15) is 13.2 Å². The largest absolute Gasteiger partial charge is 0.345 e. The van der Waals surface area contributed by atoms with Gasteiger partial charge in [-0.05, 0) is 43.0 Å². The molecule has 0 saturated carbocycles. The summed E-state index contributed by atoms with van der Waals surface area (Å²) in [5.74, 6) is -0.204. The van der Waals surface area contributed by atoms with Crippen LogP contribution in [0, 0.1) is 6.92 Å². The first-order valence-corrected chi connectivity index (χ1v) is 11.0. The number of nitrogens with zero attached hydrogens (tertiary/aromatic N) is 1. The maximum atomic E-state index is 12.6. The molecule has 0 bridgehead atoms. The minimum atomic E-state index is -3.73. The molecular formula is C17H17N3O3S3. The Bertz CT molecular complexity index is 1020. The Morgan fingerprint density at radius 3 is 2.50 bits per heavy atom. The molecule has 136 valence electrons. The van der Waals surface area contributed by atoms with Crippen LogP contribution in [0.1, 0.15) is 33.9 Å². The number of carbonyl (C=O) groups is 1. The van der Waals surface area contributed by atoms with Crippen LogP contribution in [-0.4, -0.2) is 19.3 Å². The maximum Gasteiger partial charge on any atom is 0.263 e. The van der Waals surface area contributed by atoms with Crippen molar-refractivity contribution < 1.29 is 13.2 Å². The quantitative estimate of drug-likeness (QED) is 0.677. The van der Waals surface area contributed by atoms with Gasteiger partial charge in [0.1, 0.15) is 9.88 Å². The molecule has 26 heavy (non-hydrogen) atoms. The number of sulfonamides is 1. The van der Waals surface area contributed by atoms with Gasteiger partial charge in [0.15, 0.2) is 0 Å². The summed E-state index contributed by atoms with van der Waals surface area (Å²) >= 11 is 2.94. The second-order valence-corrected chi connectivity index (χ2v) is 9.10. The van der Waals surface area contributed by atoms with Crippen molar-refractivity contribution in [3.05, 3.63) is 57.2 Å². The number of nitrogens with one attached hydrogen (secondary N) is 1. The van der Waals surface area contributed by atoms with Gasteiger partial charge in [-0.15, -0.1) is 11.3 Å². The minimum absolute atomic E-state index is 0.0403. The zero-order valence-corrected chi connectivity index (χ0v) is 16.5. The van der Waals surface area contributed by atoms with E-state index >= 15 is 0 Å². The molecule has 2 heterocycles. The molecule has 9 heteroatoms. The highest BCUT2D eigenvalue weighted by atomic mass is 32.2. The lowest BCUT2D eigenvalue weighted by Crippen LogP contribution is -2.26. The van der Waals surface area contributed by atoms with Crippen LogP contribution in [-0.2, 0) is 10.0 Å². The Morgan fingerprint density at radius 1 is 1.23 bits per heavy atom. The summed E-state index contributed by atoms with van der Waals surface area (Å²) in [6.07, 6.45) is 0. The highest BCUT2D eigenvalue weighted by molar-refractivity contribution is 7.89. The first-order valence-electron chi connectivity index (χ1n) is 7.69. The predicted molar refractivity (Wildman–Crippen MR) is 104 cm³/mol. The smallest absolute Gasteiger partial charge is 0.263 e. The van der Waals surface area contributed by atoms with E-state index in [2.05, 4.69) is 10.3 Å². The predicted octanol–water partition coefficient (Wildman–Crippen LogP) is 3.32. The number of nitrogens with two attached hydrogens (primary N) is 1. The fourth-order valence-electron chi connectivity index (χ4n) is 2.41. The maximum absolute atomic E-state index is 12.6. The highest BCUT2D eigenvalue weighted by Gasteiger charge is 2.19. The first-order chi connectivity index (χ1) is 12.3. The van der Waals surface area contributed by atoms with Crippen molar-refractivity contribution in [2.45, 2.75) is 24.8 Å². The van der Waals surface area contributed by atoms with Gasteiger partial charge in [-0.3, -0.25) is 4.79 Å². The molecule has 0 fully saturated rings. The molecule has 0 unspecified atom stereocenters. The van der Waals surface area contributed by atoms with E-state index in [1.165, 1.54) is 23.5 Å². The van der Waals surface area contributed by atoms with E-state index < -0.39 is 10.0 Å². The molecule has 3 rings (SSSR count). The molecule has 1 amide bonds. The van der Waals surface area contributed by atoms with Crippen molar-refractivity contribution in [2.75, 3.05) is 0 Å². The lowest BCUT2D eigenvalue weighted by molar-refractivity contribution is 0.0943. The van der Waals surface area contributed by atoms with E-state index in [-0.39, 0.29) is 16.8 Å². The number of thiophene rings is 1. The van der Waals surface area contributed by atoms with Gasteiger partial charge in [0, 0.05) is 10.9 Å². The normalized spacial score (nSPS) is 12.7. The lowest BCUT2D eigenvalue weighted by atomic mass is 10.1. The number of amides is 1. The van der Waals surface area contributed by atoms with Gasteiger partial charge in [-0.25, -0.2) is 18.5 Å². The molecule has 1 aromatic carbocycles. The number of benzene rings is 1. The molecule has 2 aromatic heterocycles. The molecule has 0 spiro atoms. The number of aryl methyl sites for hydroxylation is 1. The molecule has 3 aromatic rings. The summed E-state index contributed by atoms with van der Waals surface area (Å²) in [6.45, 7) is 3.65. The van der Waals surface area contributed by atoms with Crippen molar-refractivity contribution in [3.8, 4) is 10.6 Å². The number of rotatable bonds is 5. The zero-order valence-electron chi connectivity index (χ0n) is 14.1. The van der Waals surface area contributed by atoms with Gasteiger partial charge in [0.05, 0.1) is 16.6 Å². The van der Waals surface area contributed by atoms with E-state index in [1.807, 2.05) is 30.7 Å². The van der Waals surface area contributed by atoms with Crippen molar-refractivity contribution in [1.82, 2.24) is 10.3 Å². The lowest BCUT2D eigenvalue weighted by Gasteiger charge is -2.14. The third kappa shape index (κ3) is 4.01. The third-order valence-electron chi connectivity index (χ3n) is 3.83. The standard InChI is InChI=1S/C17H17N3O3S3/c1-10(12-3-5-14(6-4-12)26(18,22)23)19-16(21)15-11(2)20-17(25-15)13-7-8-24-9-13/h3-10H,1-2H3,(H,19,21)(H2,18,22,23)/t10-/m1/s1. The summed E-state index contributed by atoms with van der Waals surface area (Å²) in [6, 6.07) is 7.82. The summed E-state index contributed by atoms with van der Waals surface area (Å²) in [5.41, 5.74) is 2.48. The number of carbonyl (C=O) groups excluding carboxylic acids is 1. The van der Waals surface area contributed by atoms with Crippen LogP contribution in [0.15, 0.2) is 46.0 Å². The average molecular weight is 408 g/mol. The first kappa shape index (κ1) is 18.7. The summed E-state index contributed by atoms with van der Waals surface area (Å²) in [5, 5.41) is 12.8. The van der Waals surface area contributed by atoms with Gasteiger partial charge in [-0.1, -0.05) is 12.1 Å². The summed E-state index contributed by atoms with van der Waals surface area (Å²) in [4.78, 5) is 17.7. The second-order valence-electron chi connectivity index (χ2n) is 5.75. The fraction of sp³-hybridized carbons (Fsp3) is 0.176. The van der Waals surface area contributed by atoms with Gasteiger partial charge in [-0.2, -0.15) is 11.3 Å². The summed E-state index contributed by atoms with van der Waals surface area (Å²) in [7, 11) is -3.73. The van der Waals surface area contributed by atoms with Gasteiger partial charge in [0.2, 0.25) is 10.0 Å². The van der Waals surface area contributed by atoms with E-state index in [4.69, 9.17) is 5.14 Å². The molecule has 3 N–H and O–H groups in total. The molecular weight excluding hydrogens is 390 g/mol. The molecule has 0 aliphatic carbocycles. The van der Waals surface area contributed by atoms with Gasteiger partial charge in [0.25, 0.3) is 5.91 Å². The van der Waals surface area contributed by atoms with Crippen LogP contribution < -0.4 is 10.5 Å². The molecule has 0 saturated heterocycles. The summed E-state index contributed by atoms with van der Waals surface area (Å²) < 4.78 is 22.6. The van der Waals surface area contributed by atoms with Crippen LogP contribution in [0.4, 0.5) is 0 Å². The van der Waals surface area contributed by atoms with E-state index in [0.29, 0.717) is 10.6 Å². The van der Waals surface area contributed by atoms with E-state index in [1.54, 1.807) is 23.5 Å². The minimum Gasteiger partial charge on any atom is -0.345 e. The monoisotopic (exact) mass is 407 g/mol. The Hall–Kier alpha value is -2.07. The molecule has 0 aliphatic heterocycles.